The number of imide groups is 1. The molecule has 2 saturated heterocycles. The van der Waals surface area contributed by atoms with E-state index in [1.54, 1.807) is 0 Å². The van der Waals surface area contributed by atoms with Crippen LogP contribution in [0.1, 0.15) is 6.42 Å². The van der Waals surface area contributed by atoms with Crippen LogP contribution in [0.3, 0.4) is 0 Å². The van der Waals surface area contributed by atoms with Gasteiger partial charge in [0.1, 0.15) is 5.82 Å². The molecule has 0 unspecified atom stereocenters. The molecule has 2 aliphatic rings. The molecule has 0 aromatic heterocycles. The molecule has 1 aromatic rings. The van der Waals surface area contributed by atoms with Gasteiger partial charge in [0.2, 0.25) is 5.91 Å². The summed E-state index contributed by atoms with van der Waals surface area (Å²) in [5, 5.41) is 0. The van der Waals surface area contributed by atoms with Crippen LogP contribution in [0.25, 0.3) is 0 Å². The van der Waals surface area contributed by atoms with Crippen molar-refractivity contribution in [3.05, 3.63) is 30.1 Å². The smallest absolute Gasteiger partial charge is 0.251 e. The molecule has 0 bridgehead atoms. The van der Waals surface area contributed by atoms with Gasteiger partial charge in [0.15, 0.2) is 0 Å². The average Bonchev–Trinajstić information content (AvgIpc) is 2.76. The zero-order chi connectivity index (χ0) is 14.1. The summed E-state index contributed by atoms with van der Waals surface area (Å²) in [6.07, 6.45) is 0.223. The van der Waals surface area contributed by atoms with E-state index in [9.17, 15) is 14.0 Å². The second-order valence-electron chi connectivity index (χ2n) is 4.91. The maximum absolute atomic E-state index is 12.9. The molecule has 0 aliphatic carbocycles. The van der Waals surface area contributed by atoms with Gasteiger partial charge in [-0.25, -0.2) is 9.29 Å². The molecule has 4 nitrogen and oxygen atoms in total. The highest BCUT2D eigenvalue weighted by Gasteiger charge is 2.42. The average molecular weight is 294 g/mol. The number of thioether (sulfide) groups is 1. The first-order chi connectivity index (χ1) is 9.66. The third-order valence-electron chi connectivity index (χ3n) is 3.69. The van der Waals surface area contributed by atoms with E-state index in [0.717, 1.165) is 24.6 Å². The maximum atomic E-state index is 12.9. The Balaban J connectivity index is 1.81. The number of hydrogen-bond donors (Lipinski definition) is 0. The fourth-order valence-electron chi connectivity index (χ4n) is 2.65. The Labute approximate surface area is 120 Å². The van der Waals surface area contributed by atoms with Gasteiger partial charge >= 0.3 is 0 Å². The quantitative estimate of drug-likeness (QED) is 0.775. The van der Waals surface area contributed by atoms with E-state index >= 15 is 0 Å². The fraction of sp³-hybridized carbons (Fsp3) is 0.429. The largest absolute Gasteiger partial charge is 0.290 e. The van der Waals surface area contributed by atoms with E-state index in [2.05, 4.69) is 4.90 Å². The van der Waals surface area contributed by atoms with Gasteiger partial charge < -0.3 is 0 Å². The Morgan fingerprint density at radius 1 is 1.10 bits per heavy atom. The van der Waals surface area contributed by atoms with Crippen LogP contribution in [-0.4, -0.2) is 47.4 Å². The molecule has 3 rings (SSSR count). The van der Waals surface area contributed by atoms with Gasteiger partial charge in [0.25, 0.3) is 5.91 Å². The molecule has 1 atom stereocenters. The molecule has 2 aliphatic heterocycles. The number of carbonyl (C=O) groups is 2. The van der Waals surface area contributed by atoms with Crippen molar-refractivity contribution in [3.8, 4) is 0 Å². The molecule has 20 heavy (non-hydrogen) atoms. The monoisotopic (exact) mass is 294 g/mol. The highest BCUT2D eigenvalue weighted by Crippen LogP contribution is 2.27. The molecule has 106 valence electrons. The van der Waals surface area contributed by atoms with Gasteiger partial charge in [-0.3, -0.25) is 14.5 Å². The summed E-state index contributed by atoms with van der Waals surface area (Å²) in [6.45, 7) is 1.68. The van der Waals surface area contributed by atoms with Crippen LogP contribution >= 0.6 is 11.8 Å². The number of hydrogen-bond acceptors (Lipinski definition) is 4. The minimum absolute atomic E-state index is 0.187. The van der Waals surface area contributed by atoms with E-state index in [4.69, 9.17) is 0 Å². The normalized spacial score (nSPS) is 24.4. The van der Waals surface area contributed by atoms with Crippen LogP contribution in [-0.2, 0) is 9.59 Å². The van der Waals surface area contributed by atoms with Gasteiger partial charge in [-0.1, -0.05) is 0 Å². The van der Waals surface area contributed by atoms with Crippen LogP contribution in [0.2, 0.25) is 0 Å². The predicted octanol–water partition coefficient (Wildman–Crippen LogP) is 1.51. The zero-order valence-electron chi connectivity index (χ0n) is 10.9. The minimum atomic E-state index is -0.377. The first kappa shape index (κ1) is 13.6. The summed E-state index contributed by atoms with van der Waals surface area (Å²) in [5.41, 5.74) is 0.454. The Morgan fingerprint density at radius 3 is 2.40 bits per heavy atom. The molecule has 0 N–H and O–H groups in total. The van der Waals surface area contributed by atoms with Crippen molar-refractivity contribution in [2.75, 3.05) is 29.5 Å². The molecule has 2 fully saturated rings. The molecule has 0 radical (unpaired) electrons. The van der Waals surface area contributed by atoms with Crippen molar-refractivity contribution in [1.82, 2.24) is 4.90 Å². The van der Waals surface area contributed by atoms with E-state index in [0.29, 0.717) is 5.69 Å². The van der Waals surface area contributed by atoms with E-state index in [1.165, 1.54) is 29.2 Å². The Kier molecular flexibility index (Phi) is 3.76. The minimum Gasteiger partial charge on any atom is -0.290 e. The summed E-state index contributed by atoms with van der Waals surface area (Å²) >= 11 is 1.87. The standard InChI is InChI=1S/C14H15FN2O2S/c15-10-1-3-11(4-2-10)17-13(18)9-12(14(17)19)16-5-7-20-8-6-16/h1-4,12H,5-9H2/t12-/m1/s1. The van der Waals surface area contributed by atoms with Gasteiger partial charge in [0, 0.05) is 24.6 Å². The van der Waals surface area contributed by atoms with Crippen LogP contribution in [0.15, 0.2) is 24.3 Å². The number of benzene rings is 1. The fourth-order valence-corrected chi connectivity index (χ4v) is 3.58. The topological polar surface area (TPSA) is 40.6 Å². The highest BCUT2D eigenvalue weighted by atomic mass is 32.2. The molecule has 6 heteroatoms. The molecule has 0 spiro atoms. The van der Waals surface area contributed by atoms with Crippen LogP contribution in [0.5, 0.6) is 0 Å². The molecule has 2 heterocycles. The third-order valence-corrected chi connectivity index (χ3v) is 4.64. The van der Waals surface area contributed by atoms with Crippen LogP contribution < -0.4 is 4.90 Å². The lowest BCUT2D eigenvalue weighted by molar-refractivity contribution is -0.122. The number of anilines is 1. The molecular formula is C14H15FN2O2S. The Morgan fingerprint density at radius 2 is 1.75 bits per heavy atom. The van der Waals surface area contributed by atoms with E-state index in [-0.39, 0.29) is 30.1 Å². The van der Waals surface area contributed by atoms with Gasteiger partial charge in [-0.05, 0) is 24.3 Å². The van der Waals surface area contributed by atoms with Crippen molar-refractivity contribution in [2.45, 2.75) is 12.5 Å². The second-order valence-corrected chi connectivity index (χ2v) is 6.14. The van der Waals surface area contributed by atoms with Crippen molar-refractivity contribution in [2.24, 2.45) is 0 Å². The first-order valence-electron chi connectivity index (χ1n) is 6.61. The van der Waals surface area contributed by atoms with Crippen molar-refractivity contribution in [3.63, 3.8) is 0 Å². The number of nitrogens with zero attached hydrogens (tertiary/aromatic N) is 2. The Hall–Kier alpha value is -1.40. The number of rotatable bonds is 2. The number of amides is 2. The Bertz CT molecular complexity index is 528. The summed E-state index contributed by atoms with van der Waals surface area (Å²) in [6, 6.07) is 5.12. The second kappa shape index (κ2) is 5.54. The van der Waals surface area contributed by atoms with Gasteiger partial charge in [-0.15, -0.1) is 0 Å². The zero-order valence-corrected chi connectivity index (χ0v) is 11.7. The lowest BCUT2D eigenvalue weighted by Gasteiger charge is -2.30. The number of carbonyl (C=O) groups excluding carboxylic acids is 2. The molecule has 0 saturated carbocycles. The predicted molar refractivity (Wildman–Crippen MR) is 76.2 cm³/mol. The third kappa shape index (κ3) is 2.45. The molecule has 2 amide bonds. The summed E-state index contributed by atoms with van der Waals surface area (Å²) in [5.74, 6) is 1.22. The molecular weight excluding hydrogens is 279 g/mol. The highest BCUT2D eigenvalue weighted by molar-refractivity contribution is 7.99. The van der Waals surface area contributed by atoms with E-state index < -0.39 is 0 Å². The van der Waals surface area contributed by atoms with Crippen molar-refractivity contribution in [1.29, 1.82) is 0 Å². The van der Waals surface area contributed by atoms with Gasteiger partial charge in [0.05, 0.1) is 18.2 Å². The van der Waals surface area contributed by atoms with Gasteiger partial charge in [-0.2, -0.15) is 11.8 Å². The molecule has 1 aromatic carbocycles. The summed E-state index contributed by atoms with van der Waals surface area (Å²) in [7, 11) is 0. The first-order valence-corrected chi connectivity index (χ1v) is 7.76. The van der Waals surface area contributed by atoms with Crippen molar-refractivity contribution >= 4 is 29.3 Å². The maximum Gasteiger partial charge on any atom is 0.251 e. The number of halogens is 1. The summed E-state index contributed by atoms with van der Waals surface area (Å²) < 4.78 is 12.9. The van der Waals surface area contributed by atoms with Crippen molar-refractivity contribution < 1.29 is 14.0 Å². The van der Waals surface area contributed by atoms with Crippen LogP contribution in [0.4, 0.5) is 10.1 Å². The SMILES string of the molecule is O=C1C[C@@H](N2CCSCC2)C(=O)N1c1ccc(F)cc1. The summed E-state index contributed by atoms with van der Waals surface area (Å²) in [4.78, 5) is 27.8. The van der Waals surface area contributed by atoms with E-state index in [1.807, 2.05) is 11.8 Å². The lowest BCUT2D eigenvalue weighted by atomic mass is 10.2. The van der Waals surface area contributed by atoms with Crippen LogP contribution in [0, 0.1) is 5.82 Å². The lowest BCUT2D eigenvalue weighted by Crippen LogP contribution is -2.45.